The molecule has 0 aliphatic heterocycles. The van der Waals surface area contributed by atoms with Gasteiger partial charge in [0, 0.05) is 5.75 Å². The number of primary amides is 1. The maximum absolute atomic E-state index is 12.7. The predicted octanol–water partition coefficient (Wildman–Crippen LogP) is -1.74. The Kier molecular flexibility index (Phi) is 11.3. The van der Waals surface area contributed by atoms with Gasteiger partial charge in [-0.25, -0.2) is 4.79 Å². The Labute approximate surface area is 202 Å². The summed E-state index contributed by atoms with van der Waals surface area (Å²) in [4.78, 5) is 60.5. The molecule has 0 saturated heterocycles. The largest absolute Gasteiger partial charge is 0.508 e. The molecule has 0 radical (unpaired) electrons. The average molecular weight is 498 g/mol. The predicted molar refractivity (Wildman–Crippen MR) is 126 cm³/mol. The minimum absolute atomic E-state index is 0.0471. The smallest absolute Gasteiger partial charge is 0.326 e. The van der Waals surface area contributed by atoms with Crippen molar-refractivity contribution in [1.29, 1.82) is 0 Å². The van der Waals surface area contributed by atoms with Crippen LogP contribution in [0, 0.1) is 5.92 Å². The number of nitrogens with two attached hydrogens (primary N) is 2. The van der Waals surface area contributed by atoms with E-state index in [1.54, 1.807) is 26.0 Å². The fourth-order valence-electron chi connectivity index (χ4n) is 2.90. The van der Waals surface area contributed by atoms with Crippen molar-refractivity contribution in [2.24, 2.45) is 17.4 Å². The van der Waals surface area contributed by atoms with Crippen molar-refractivity contribution in [2.45, 2.75) is 50.9 Å². The topological polar surface area (TPSA) is 214 Å². The lowest BCUT2D eigenvalue weighted by Gasteiger charge is -2.25. The van der Waals surface area contributed by atoms with Crippen LogP contribution in [0.1, 0.15) is 25.8 Å². The molecule has 4 unspecified atom stereocenters. The first-order valence-electron chi connectivity index (χ1n) is 10.4. The Balaban J connectivity index is 2.86. The van der Waals surface area contributed by atoms with E-state index in [0.717, 1.165) is 0 Å². The van der Waals surface area contributed by atoms with Crippen LogP contribution in [0.3, 0.4) is 0 Å². The van der Waals surface area contributed by atoms with E-state index in [1.165, 1.54) is 12.1 Å². The van der Waals surface area contributed by atoms with Crippen molar-refractivity contribution in [3.05, 3.63) is 29.8 Å². The molecule has 0 bridgehead atoms. The minimum Gasteiger partial charge on any atom is -0.508 e. The van der Waals surface area contributed by atoms with Crippen molar-refractivity contribution >= 4 is 42.2 Å². The molecular weight excluding hydrogens is 466 g/mol. The van der Waals surface area contributed by atoms with Crippen molar-refractivity contribution in [3.8, 4) is 5.75 Å². The lowest BCUT2D eigenvalue weighted by atomic mass is 10.0. The quantitative estimate of drug-likeness (QED) is 0.146. The Morgan fingerprint density at radius 2 is 1.47 bits per heavy atom. The number of thiol groups is 1. The van der Waals surface area contributed by atoms with Crippen LogP contribution >= 0.6 is 12.6 Å². The molecule has 0 fully saturated rings. The van der Waals surface area contributed by atoms with E-state index in [-0.39, 0.29) is 17.9 Å². The van der Waals surface area contributed by atoms with Gasteiger partial charge < -0.3 is 37.6 Å². The number of carboxylic acid groups (broad SMARTS) is 1. The van der Waals surface area contributed by atoms with Gasteiger partial charge >= 0.3 is 5.97 Å². The number of carboxylic acids is 1. The molecular formula is C21H31N5O7S. The lowest BCUT2D eigenvalue weighted by Crippen LogP contribution is -2.58. The zero-order valence-corrected chi connectivity index (χ0v) is 19.7. The zero-order valence-electron chi connectivity index (χ0n) is 18.9. The summed E-state index contributed by atoms with van der Waals surface area (Å²) >= 11 is 4.02. The molecule has 1 aromatic rings. The number of amides is 4. The normalized spacial score (nSPS) is 14.4. The summed E-state index contributed by atoms with van der Waals surface area (Å²) in [7, 11) is 0. The Morgan fingerprint density at radius 1 is 0.941 bits per heavy atom. The minimum atomic E-state index is -1.42. The van der Waals surface area contributed by atoms with Gasteiger partial charge in [0.2, 0.25) is 23.6 Å². The highest BCUT2D eigenvalue weighted by Crippen LogP contribution is 2.11. The van der Waals surface area contributed by atoms with E-state index in [0.29, 0.717) is 5.56 Å². The highest BCUT2D eigenvalue weighted by atomic mass is 32.1. The van der Waals surface area contributed by atoms with Crippen LogP contribution in [-0.4, -0.2) is 69.7 Å². The summed E-state index contributed by atoms with van der Waals surface area (Å²) < 4.78 is 0. The third-order valence-corrected chi connectivity index (χ3v) is 5.18. The van der Waals surface area contributed by atoms with E-state index in [9.17, 15) is 34.2 Å². The third-order valence-electron chi connectivity index (χ3n) is 4.81. The first-order chi connectivity index (χ1) is 15.8. The van der Waals surface area contributed by atoms with Gasteiger partial charge in [0.05, 0.1) is 12.5 Å². The molecule has 0 spiro atoms. The van der Waals surface area contributed by atoms with Gasteiger partial charge in [-0.3, -0.25) is 19.2 Å². The number of aromatic hydroxyl groups is 1. The van der Waals surface area contributed by atoms with Crippen LogP contribution in [0.2, 0.25) is 0 Å². The summed E-state index contributed by atoms with van der Waals surface area (Å²) in [5, 5.41) is 25.6. The number of nitrogens with one attached hydrogen (secondary N) is 3. The highest BCUT2D eigenvalue weighted by molar-refractivity contribution is 7.80. The van der Waals surface area contributed by atoms with Crippen molar-refractivity contribution < 1.29 is 34.2 Å². The number of hydrogen-bond donors (Lipinski definition) is 8. The van der Waals surface area contributed by atoms with Gasteiger partial charge in [-0.15, -0.1) is 0 Å². The summed E-state index contributed by atoms with van der Waals surface area (Å²) in [6.07, 6.45) is -0.474. The van der Waals surface area contributed by atoms with Gasteiger partial charge in [0.1, 0.15) is 23.9 Å². The molecule has 4 amide bonds. The average Bonchev–Trinajstić information content (AvgIpc) is 2.75. The number of phenolic OH excluding ortho intramolecular Hbond substituents is 1. The molecule has 0 aliphatic rings. The summed E-state index contributed by atoms with van der Waals surface area (Å²) in [6, 6.07) is 1.08. The number of benzene rings is 1. The second-order valence-electron chi connectivity index (χ2n) is 8.02. The van der Waals surface area contributed by atoms with E-state index in [2.05, 4.69) is 28.6 Å². The number of phenols is 1. The highest BCUT2D eigenvalue weighted by Gasteiger charge is 2.31. The molecule has 0 aliphatic carbocycles. The maximum Gasteiger partial charge on any atom is 0.326 e. The first kappa shape index (κ1) is 28.7. The molecule has 4 atom stereocenters. The molecule has 9 N–H and O–H groups in total. The molecule has 188 valence electrons. The number of rotatable bonds is 13. The summed E-state index contributed by atoms with van der Waals surface area (Å²) in [5.74, 6) is -5.11. The number of hydrogen-bond acceptors (Lipinski definition) is 8. The fourth-order valence-corrected chi connectivity index (χ4v) is 3.16. The molecule has 1 aromatic carbocycles. The third kappa shape index (κ3) is 9.27. The Bertz CT molecular complexity index is 894. The molecule has 13 heteroatoms. The molecule has 34 heavy (non-hydrogen) atoms. The first-order valence-corrected chi connectivity index (χ1v) is 11.1. The molecule has 0 heterocycles. The van der Waals surface area contributed by atoms with Crippen LogP contribution in [0.15, 0.2) is 24.3 Å². The second-order valence-corrected chi connectivity index (χ2v) is 8.39. The van der Waals surface area contributed by atoms with E-state index < -0.39 is 66.1 Å². The Hall–Kier alpha value is -3.32. The Morgan fingerprint density at radius 3 is 1.94 bits per heavy atom. The van der Waals surface area contributed by atoms with E-state index in [4.69, 9.17) is 11.5 Å². The van der Waals surface area contributed by atoms with Crippen LogP contribution < -0.4 is 27.4 Å². The molecule has 1 rings (SSSR count). The monoisotopic (exact) mass is 497 g/mol. The van der Waals surface area contributed by atoms with Crippen LogP contribution in [0.5, 0.6) is 5.75 Å². The van der Waals surface area contributed by atoms with E-state index in [1.807, 2.05) is 0 Å². The molecule has 0 saturated carbocycles. The van der Waals surface area contributed by atoms with Gasteiger partial charge in [-0.1, -0.05) is 26.0 Å². The number of carbonyl (C=O) groups is 5. The SMILES string of the molecule is CC(C)C(NC(=O)C(CS)NC(=O)C(CC(N)=O)NC(=O)C(N)Cc1ccc(O)cc1)C(=O)O. The maximum atomic E-state index is 12.7. The lowest BCUT2D eigenvalue weighted by molar-refractivity contribution is -0.143. The fraction of sp³-hybridized carbons (Fsp3) is 0.476. The van der Waals surface area contributed by atoms with Crippen LogP contribution in [0.25, 0.3) is 0 Å². The van der Waals surface area contributed by atoms with Crippen molar-refractivity contribution in [1.82, 2.24) is 16.0 Å². The summed E-state index contributed by atoms with van der Waals surface area (Å²) in [5.41, 5.74) is 11.7. The van der Waals surface area contributed by atoms with Crippen molar-refractivity contribution in [3.63, 3.8) is 0 Å². The van der Waals surface area contributed by atoms with Crippen LogP contribution in [0.4, 0.5) is 0 Å². The number of carbonyl (C=O) groups excluding carboxylic acids is 4. The van der Waals surface area contributed by atoms with Crippen molar-refractivity contribution in [2.75, 3.05) is 5.75 Å². The van der Waals surface area contributed by atoms with Gasteiger partial charge in [-0.2, -0.15) is 12.6 Å². The van der Waals surface area contributed by atoms with Gasteiger partial charge in [-0.05, 0) is 30.0 Å². The summed E-state index contributed by atoms with van der Waals surface area (Å²) in [6.45, 7) is 3.21. The zero-order chi connectivity index (χ0) is 26.0. The van der Waals surface area contributed by atoms with Gasteiger partial charge in [0.25, 0.3) is 0 Å². The molecule has 12 nitrogen and oxygen atoms in total. The van der Waals surface area contributed by atoms with E-state index >= 15 is 0 Å². The van der Waals surface area contributed by atoms with Gasteiger partial charge in [0.15, 0.2) is 0 Å². The molecule has 0 aromatic heterocycles. The standard InChI is InChI=1S/C21H31N5O7S/c1-10(2)17(21(32)33)26-20(31)15(9-34)25-19(30)14(8-16(23)28)24-18(29)13(22)7-11-3-5-12(27)6-4-11/h3-6,10,13-15,17,27,34H,7-9,22H2,1-2H3,(H2,23,28)(H,24,29)(H,25,30)(H,26,31)(H,32,33). The van der Waals surface area contributed by atoms with Crippen LogP contribution in [-0.2, 0) is 30.4 Å². The second kappa shape index (κ2) is 13.4. The number of aliphatic carboxylic acids is 1.